The van der Waals surface area contributed by atoms with Gasteiger partial charge in [0.2, 0.25) is 11.8 Å². The van der Waals surface area contributed by atoms with Gasteiger partial charge in [-0.1, -0.05) is 18.2 Å². The van der Waals surface area contributed by atoms with Crippen LogP contribution in [0.2, 0.25) is 0 Å². The van der Waals surface area contributed by atoms with Crippen molar-refractivity contribution < 1.29 is 18.7 Å². The largest absolute Gasteiger partial charge is 0.487 e. The van der Waals surface area contributed by atoms with Gasteiger partial charge in [-0.3, -0.25) is 14.4 Å². The maximum Gasteiger partial charge on any atom is 0.278 e. The highest BCUT2D eigenvalue weighted by molar-refractivity contribution is 6.04. The number of carbonyl (C=O) groups excluding carboxylic acids is 1. The SMILES string of the molecule is COc1nc(N2CCn3nc(COc4ccccc4)cc3C2=O)ncc1F. The number of anilines is 1. The average Bonchev–Trinajstić information content (AvgIpc) is 3.12. The van der Waals surface area contributed by atoms with Crippen LogP contribution in [-0.2, 0) is 13.2 Å². The van der Waals surface area contributed by atoms with Gasteiger partial charge in [-0.2, -0.15) is 14.5 Å². The van der Waals surface area contributed by atoms with E-state index in [2.05, 4.69) is 15.1 Å². The Morgan fingerprint density at radius 3 is 2.81 bits per heavy atom. The molecule has 1 aliphatic rings. The van der Waals surface area contributed by atoms with E-state index in [0.29, 0.717) is 24.5 Å². The predicted molar refractivity (Wildman–Crippen MR) is 93.2 cm³/mol. The number of halogens is 1. The molecule has 0 bridgehead atoms. The molecule has 0 fully saturated rings. The lowest BCUT2D eigenvalue weighted by molar-refractivity contribution is 0.0960. The molecule has 0 saturated carbocycles. The van der Waals surface area contributed by atoms with E-state index in [0.717, 1.165) is 11.9 Å². The Balaban J connectivity index is 1.53. The molecule has 0 spiro atoms. The minimum Gasteiger partial charge on any atom is -0.487 e. The minimum absolute atomic E-state index is 0.0905. The Hall–Kier alpha value is -3.49. The minimum atomic E-state index is -0.684. The molecule has 27 heavy (non-hydrogen) atoms. The summed E-state index contributed by atoms with van der Waals surface area (Å²) in [7, 11) is 1.31. The van der Waals surface area contributed by atoms with Crippen LogP contribution in [0.5, 0.6) is 11.6 Å². The third-order valence-electron chi connectivity index (χ3n) is 4.09. The molecule has 1 aromatic carbocycles. The van der Waals surface area contributed by atoms with Crippen LogP contribution in [0.3, 0.4) is 0 Å². The van der Waals surface area contributed by atoms with E-state index < -0.39 is 5.82 Å². The number of rotatable bonds is 5. The average molecular weight is 369 g/mol. The van der Waals surface area contributed by atoms with Crippen molar-refractivity contribution in [2.24, 2.45) is 0 Å². The standard InChI is InChI=1S/C18H16FN5O3/c1-26-16-14(19)10-20-18(21-16)23-7-8-24-15(17(23)25)9-12(22-24)11-27-13-5-3-2-4-6-13/h2-6,9-10H,7-8,11H2,1H3. The van der Waals surface area contributed by atoms with Crippen molar-refractivity contribution in [3.05, 3.63) is 59.8 Å². The summed E-state index contributed by atoms with van der Waals surface area (Å²) in [6, 6.07) is 11.0. The van der Waals surface area contributed by atoms with Gasteiger partial charge in [0.15, 0.2) is 0 Å². The van der Waals surface area contributed by atoms with Crippen molar-refractivity contribution in [3.63, 3.8) is 0 Å². The van der Waals surface area contributed by atoms with E-state index >= 15 is 0 Å². The van der Waals surface area contributed by atoms with Gasteiger partial charge in [0.25, 0.3) is 11.8 Å². The summed E-state index contributed by atoms with van der Waals surface area (Å²) in [6.45, 7) is 1.04. The molecule has 9 heteroatoms. The number of hydrogen-bond acceptors (Lipinski definition) is 6. The molecule has 3 aromatic rings. The first kappa shape index (κ1) is 17.0. The second-order valence-corrected chi connectivity index (χ2v) is 5.83. The van der Waals surface area contributed by atoms with Crippen molar-refractivity contribution in [3.8, 4) is 11.6 Å². The highest BCUT2D eigenvalue weighted by atomic mass is 19.1. The Labute approximate surface area is 154 Å². The predicted octanol–water partition coefficient (Wildman–Crippen LogP) is 2.06. The number of aromatic nitrogens is 4. The lowest BCUT2D eigenvalue weighted by Gasteiger charge is -2.25. The van der Waals surface area contributed by atoms with Gasteiger partial charge >= 0.3 is 0 Å². The number of hydrogen-bond donors (Lipinski definition) is 0. The zero-order chi connectivity index (χ0) is 18.8. The second-order valence-electron chi connectivity index (χ2n) is 5.83. The van der Waals surface area contributed by atoms with Crippen molar-refractivity contribution >= 4 is 11.9 Å². The van der Waals surface area contributed by atoms with Crippen LogP contribution in [0.1, 0.15) is 16.2 Å². The first-order valence-electron chi connectivity index (χ1n) is 8.28. The highest BCUT2D eigenvalue weighted by Gasteiger charge is 2.29. The summed E-state index contributed by atoms with van der Waals surface area (Å²) in [6.07, 6.45) is 0.986. The van der Waals surface area contributed by atoms with Gasteiger partial charge in [-0.05, 0) is 18.2 Å². The maximum absolute atomic E-state index is 13.5. The Kier molecular flexibility index (Phi) is 4.41. The summed E-state index contributed by atoms with van der Waals surface area (Å²) >= 11 is 0. The van der Waals surface area contributed by atoms with Gasteiger partial charge < -0.3 is 9.47 Å². The van der Waals surface area contributed by atoms with Crippen LogP contribution in [0.15, 0.2) is 42.6 Å². The Morgan fingerprint density at radius 2 is 2.04 bits per heavy atom. The number of benzene rings is 1. The highest BCUT2D eigenvalue weighted by Crippen LogP contribution is 2.22. The Morgan fingerprint density at radius 1 is 1.22 bits per heavy atom. The summed E-state index contributed by atoms with van der Waals surface area (Å²) in [5.41, 5.74) is 1.04. The molecule has 0 aliphatic carbocycles. The number of ether oxygens (including phenoxy) is 2. The number of amides is 1. The summed E-state index contributed by atoms with van der Waals surface area (Å²) in [5, 5.41) is 4.41. The zero-order valence-corrected chi connectivity index (χ0v) is 14.5. The van der Waals surface area contributed by atoms with Gasteiger partial charge in [0, 0.05) is 6.54 Å². The number of fused-ring (bicyclic) bond motifs is 1. The van der Waals surface area contributed by atoms with Crippen LogP contribution >= 0.6 is 0 Å². The maximum atomic E-state index is 13.5. The molecule has 3 heterocycles. The van der Waals surface area contributed by atoms with Crippen molar-refractivity contribution in [2.45, 2.75) is 13.2 Å². The molecule has 0 N–H and O–H groups in total. The summed E-state index contributed by atoms with van der Waals surface area (Å²) < 4.78 is 25.7. The first-order chi connectivity index (χ1) is 13.2. The quantitative estimate of drug-likeness (QED) is 0.685. The van der Waals surface area contributed by atoms with Crippen LogP contribution in [-0.4, -0.2) is 39.3 Å². The fourth-order valence-corrected chi connectivity index (χ4v) is 2.80. The monoisotopic (exact) mass is 369 g/mol. The molecule has 0 unspecified atom stereocenters. The lowest BCUT2D eigenvalue weighted by Crippen LogP contribution is -2.41. The van der Waals surface area contributed by atoms with E-state index in [1.165, 1.54) is 12.0 Å². The fraction of sp³-hybridized carbons (Fsp3) is 0.222. The third-order valence-corrected chi connectivity index (χ3v) is 4.09. The van der Waals surface area contributed by atoms with E-state index in [-0.39, 0.29) is 24.3 Å². The zero-order valence-electron chi connectivity index (χ0n) is 14.5. The molecule has 0 atom stereocenters. The molecule has 0 radical (unpaired) electrons. The number of carbonyl (C=O) groups is 1. The van der Waals surface area contributed by atoms with Crippen LogP contribution in [0.25, 0.3) is 0 Å². The number of methoxy groups -OCH3 is 1. The van der Waals surface area contributed by atoms with Gasteiger partial charge in [-0.25, -0.2) is 4.98 Å². The topological polar surface area (TPSA) is 82.4 Å². The number of nitrogens with zero attached hydrogens (tertiary/aromatic N) is 5. The van der Waals surface area contributed by atoms with Crippen LogP contribution in [0.4, 0.5) is 10.3 Å². The second kappa shape index (κ2) is 7.02. The van der Waals surface area contributed by atoms with E-state index in [1.54, 1.807) is 10.7 Å². The van der Waals surface area contributed by atoms with Gasteiger partial charge in [0.05, 0.1) is 19.9 Å². The van der Waals surface area contributed by atoms with Crippen LogP contribution in [0, 0.1) is 5.82 Å². The molecule has 1 amide bonds. The molecule has 2 aromatic heterocycles. The van der Waals surface area contributed by atoms with Gasteiger partial charge in [0.1, 0.15) is 23.7 Å². The first-order valence-corrected chi connectivity index (χ1v) is 8.28. The third kappa shape index (κ3) is 3.31. The number of para-hydroxylation sites is 1. The van der Waals surface area contributed by atoms with Crippen molar-refractivity contribution in [1.29, 1.82) is 0 Å². The molecule has 8 nitrogen and oxygen atoms in total. The molecule has 0 saturated heterocycles. The van der Waals surface area contributed by atoms with Crippen LogP contribution < -0.4 is 14.4 Å². The van der Waals surface area contributed by atoms with E-state index in [9.17, 15) is 9.18 Å². The van der Waals surface area contributed by atoms with Crippen molar-refractivity contribution in [2.75, 3.05) is 18.6 Å². The molecule has 138 valence electrons. The molecular weight excluding hydrogens is 353 g/mol. The fourth-order valence-electron chi connectivity index (χ4n) is 2.80. The van der Waals surface area contributed by atoms with E-state index in [1.807, 2.05) is 30.3 Å². The molecular formula is C18H16FN5O3. The van der Waals surface area contributed by atoms with Gasteiger partial charge in [-0.15, -0.1) is 0 Å². The lowest BCUT2D eigenvalue weighted by atomic mass is 10.2. The smallest absolute Gasteiger partial charge is 0.278 e. The molecule has 1 aliphatic heterocycles. The summed E-state index contributed by atoms with van der Waals surface area (Å²) in [4.78, 5) is 22.0. The molecule has 4 rings (SSSR count). The Bertz CT molecular complexity index is 976. The normalized spacial score (nSPS) is 13.4. The van der Waals surface area contributed by atoms with E-state index in [4.69, 9.17) is 9.47 Å². The van der Waals surface area contributed by atoms with Crippen molar-refractivity contribution in [1.82, 2.24) is 19.7 Å². The summed E-state index contributed by atoms with van der Waals surface area (Å²) in [5.74, 6) is -0.385.